The molecule has 2 amide bonds. The van der Waals surface area contributed by atoms with Gasteiger partial charge in [0.1, 0.15) is 0 Å². The van der Waals surface area contributed by atoms with Gasteiger partial charge in [0.15, 0.2) is 0 Å². The number of hydrogen-bond acceptors (Lipinski definition) is 3. The van der Waals surface area contributed by atoms with Crippen LogP contribution in [0, 0.1) is 11.3 Å². The minimum atomic E-state index is -0.586. The predicted octanol–water partition coefficient (Wildman–Crippen LogP) is 3.45. The molecule has 2 aliphatic rings. The lowest BCUT2D eigenvalue weighted by molar-refractivity contribution is -0.142. The van der Waals surface area contributed by atoms with Gasteiger partial charge in [-0.15, -0.1) is 0 Å². The number of hydrogen-bond donors (Lipinski definition) is 1. The van der Waals surface area contributed by atoms with E-state index in [0.29, 0.717) is 19.5 Å². The summed E-state index contributed by atoms with van der Waals surface area (Å²) in [5.41, 5.74) is 2.70. The van der Waals surface area contributed by atoms with Gasteiger partial charge in [-0.1, -0.05) is 30.3 Å². The number of pyridine rings is 1. The first-order chi connectivity index (χ1) is 14.1. The molecule has 1 atom stereocenters. The summed E-state index contributed by atoms with van der Waals surface area (Å²) in [6.07, 6.45) is 7.91. The second kappa shape index (κ2) is 8.36. The summed E-state index contributed by atoms with van der Waals surface area (Å²) in [5, 5.41) is 3.05. The van der Waals surface area contributed by atoms with E-state index in [4.69, 9.17) is 0 Å². The van der Waals surface area contributed by atoms with E-state index in [2.05, 4.69) is 28.5 Å². The topological polar surface area (TPSA) is 62.3 Å². The van der Waals surface area contributed by atoms with Crippen LogP contribution in [-0.2, 0) is 16.0 Å². The number of nitrogens with zero attached hydrogens (tertiary/aromatic N) is 2. The van der Waals surface area contributed by atoms with Crippen LogP contribution < -0.4 is 5.32 Å². The number of nitrogens with one attached hydrogen (secondary N) is 1. The number of aromatic nitrogens is 1. The molecule has 0 spiro atoms. The summed E-state index contributed by atoms with van der Waals surface area (Å²) in [6.45, 7) is 3.82. The zero-order chi connectivity index (χ0) is 20.3. The van der Waals surface area contributed by atoms with Gasteiger partial charge in [0.2, 0.25) is 11.8 Å². The smallest absolute Gasteiger partial charge is 0.228 e. The SMILES string of the molecule is CCNC(=O)[C@@]1(Cc2ccccc2-c2cccnc2)CCCN(C(=O)C2CC2)C1. The maximum absolute atomic E-state index is 13.3. The average molecular weight is 392 g/mol. The molecule has 1 saturated heterocycles. The van der Waals surface area contributed by atoms with Crippen LogP contribution in [0.4, 0.5) is 0 Å². The quantitative estimate of drug-likeness (QED) is 0.820. The Morgan fingerprint density at radius 3 is 2.76 bits per heavy atom. The van der Waals surface area contributed by atoms with Crippen LogP contribution in [0.5, 0.6) is 0 Å². The molecule has 1 aromatic carbocycles. The third kappa shape index (κ3) is 4.19. The van der Waals surface area contributed by atoms with Gasteiger partial charge >= 0.3 is 0 Å². The Hall–Kier alpha value is -2.69. The van der Waals surface area contributed by atoms with Gasteiger partial charge < -0.3 is 10.2 Å². The maximum Gasteiger partial charge on any atom is 0.228 e. The molecule has 5 heteroatoms. The lowest BCUT2D eigenvalue weighted by Crippen LogP contribution is -2.54. The summed E-state index contributed by atoms with van der Waals surface area (Å²) >= 11 is 0. The van der Waals surface area contributed by atoms with Gasteiger partial charge in [0, 0.05) is 43.5 Å². The monoisotopic (exact) mass is 391 g/mol. The van der Waals surface area contributed by atoms with Gasteiger partial charge in [-0.25, -0.2) is 0 Å². The molecule has 1 saturated carbocycles. The standard InChI is InChI=1S/C24H29N3O2/c1-2-26-23(29)24(12-6-14-27(17-24)22(28)18-10-11-18)15-19-7-3-4-9-21(19)20-8-5-13-25-16-20/h3-5,7-9,13,16,18H,2,6,10-12,14-15,17H2,1H3,(H,26,29)/t24-/m1/s1. The molecule has 1 aliphatic carbocycles. The van der Waals surface area contributed by atoms with Crippen LogP contribution in [0.15, 0.2) is 48.8 Å². The fourth-order valence-corrected chi connectivity index (χ4v) is 4.51. The first-order valence-corrected chi connectivity index (χ1v) is 10.7. The Labute approximate surface area is 172 Å². The summed E-state index contributed by atoms with van der Waals surface area (Å²) in [6, 6.07) is 12.2. The zero-order valence-corrected chi connectivity index (χ0v) is 17.1. The van der Waals surface area contributed by atoms with Crippen molar-refractivity contribution in [2.24, 2.45) is 11.3 Å². The van der Waals surface area contributed by atoms with E-state index in [1.807, 2.05) is 36.2 Å². The fourth-order valence-electron chi connectivity index (χ4n) is 4.51. The number of carbonyl (C=O) groups is 2. The van der Waals surface area contributed by atoms with Gasteiger partial charge in [-0.2, -0.15) is 0 Å². The van der Waals surface area contributed by atoms with Crippen LogP contribution in [0.3, 0.4) is 0 Å². The molecule has 5 nitrogen and oxygen atoms in total. The number of amides is 2. The molecule has 0 bridgehead atoms. The summed E-state index contributed by atoms with van der Waals surface area (Å²) in [7, 11) is 0. The van der Waals surface area contributed by atoms with Crippen molar-refractivity contribution in [2.45, 2.75) is 39.0 Å². The molecule has 152 valence electrons. The van der Waals surface area contributed by atoms with Gasteiger partial charge in [0.05, 0.1) is 5.41 Å². The molecular formula is C24H29N3O2. The van der Waals surface area contributed by atoms with Crippen LogP contribution in [0.25, 0.3) is 11.1 Å². The van der Waals surface area contributed by atoms with E-state index in [-0.39, 0.29) is 17.7 Å². The van der Waals surface area contributed by atoms with Crippen LogP contribution >= 0.6 is 0 Å². The third-order valence-corrected chi connectivity index (χ3v) is 6.15. The highest BCUT2D eigenvalue weighted by molar-refractivity contribution is 5.86. The highest BCUT2D eigenvalue weighted by atomic mass is 16.2. The van der Waals surface area contributed by atoms with Crippen molar-refractivity contribution in [1.82, 2.24) is 15.2 Å². The largest absolute Gasteiger partial charge is 0.356 e. The molecular weight excluding hydrogens is 362 g/mol. The van der Waals surface area contributed by atoms with Gasteiger partial charge in [0.25, 0.3) is 0 Å². The molecule has 2 fully saturated rings. The van der Waals surface area contributed by atoms with E-state index in [1.165, 1.54) is 0 Å². The molecule has 1 aromatic heterocycles. The van der Waals surface area contributed by atoms with Crippen LogP contribution in [0.2, 0.25) is 0 Å². The van der Waals surface area contributed by atoms with Gasteiger partial charge in [-0.05, 0) is 56.2 Å². The van der Waals surface area contributed by atoms with Crippen molar-refractivity contribution in [3.8, 4) is 11.1 Å². The van der Waals surface area contributed by atoms with Crippen molar-refractivity contribution in [1.29, 1.82) is 0 Å². The predicted molar refractivity (Wildman–Crippen MR) is 113 cm³/mol. The number of piperidine rings is 1. The molecule has 1 aliphatic heterocycles. The minimum Gasteiger partial charge on any atom is -0.356 e. The van der Waals surface area contributed by atoms with Crippen molar-refractivity contribution < 1.29 is 9.59 Å². The highest BCUT2D eigenvalue weighted by Crippen LogP contribution is 2.39. The van der Waals surface area contributed by atoms with Crippen molar-refractivity contribution in [2.75, 3.05) is 19.6 Å². The second-order valence-electron chi connectivity index (χ2n) is 8.35. The Morgan fingerprint density at radius 2 is 2.03 bits per heavy atom. The summed E-state index contributed by atoms with van der Waals surface area (Å²) < 4.78 is 0. The van der Waals surface area contributed by atoms with Crippen molar-refractivity contribution in [3.63, 3.8) is 0 Å². The van der Waals surface area contributed by atoms with E-state index in [9.17, 15) is 9.59 Å². The minimum absolute atomic E-state index is 0.0642. The Bertz CT molecular complexity index is 879. The van der Waals surface area contributed by atoms with E-state index in [1.54, 1.807) is 6.20 Å². The highest BCUT2D eigenvalue weighted by Gasteiger charge is 2.45. The molecule has 0 radical (unpaired) electrons. The average Bonchev–Trinajstić information content (AvgIpc) is 3.60. The molecule has 2 heterocycles. The number of benzene rings is 1. The van der Waals surface area contributed by atoms with E-state index in [0.717, 1.165) is 48.9 Å². The lowest BCUT2D eigenvalue weighted by Gasteiger charge is -2.42. The van der Waals surface area contributed by atoms with Gasteiger partial charge in [-0.3, -0.25) is 14.6 Å². The fraction of sp³-hybridized carbons (Fsp3) is 0.458. The number of carbonyl (C=O) groups excluding carboxylic acids is 2. The van der Waals surface area contributed by atoms with Crippen LogP contribution in [0.1, 0.15) is 38.2 Å². The number of likely N-dealkylation sites (tertiary alicyclic amines) is 1. The molecule has 2 aromatic rings. The Kier molecular flexibility index (Phi) is 5.65. The normalized spacial score (nSPS) is 21.6. The molecule has 1 N–H and O–H groups in total. The third-order valence-electron chi connectivity index (χ3n) is 6.15. The zero-order valence-electron chi connectivity index (χ0n) is 17.1. The van der Waals surface area contributed by atoms with Crippen LogP contribution in [-0.4, -0.2) is 41.3 Å². The lowest BCUT2D eigenvalue weighted by atomic mass is 9.73. The summed E-state index contributed by atoms with van der Waals surface area (Å²) in [4.78, 5) is 32.2. The first-order valence-electron chi connectivity index (χ1n) is 10.7. The Balaban J connectivity index is 1.67. The molecule has 4 rings (SSSR count). The molecule has 29 heavy (non-hydrogen) atoms. The first kappa shape index (κ1) is 19.6. The second-order valence-corrected chi connectivity index (χ2v) is 8.35. The summed E-state index contributed by atoms with van der Waals surface area (Å²) in [5.74, 6) is 0.482. The molecule has 0 unspecified atom stereocenters. The van der Waals surface area contributed by atoms with E-state index < -0.39 is 5.41 Å². The maximum atomic E-state index is 13.3. The van der Waals surface area contributed by atoms with E-state index >= 15 is 0 Å². The number of rotatable bonds is 6. The van der Waals surface area contributed by atoms with Crippen molar-refractivity contribution in [3.05, 3.63) is 54.4 Å². The Morgan fingerprint density at radius 1 is 1.21 bits per heavy atom. The van der Waals surface area contributed by atoms with Crippen molar-refractivity contribution >= 4 is 11.8 Å².